The molecule has 0 saturated carbocycles. The van der Waals surface area contributed by atoms with Crippen LogP contribution in [0.15, 0.2) is 46.2 Å². The van der Waals surface area contributed by atoms with Crippen molar-refractivity contribution in [1.29, 1.82) is 0 Å². The Morgan fingerprint density at radius 1 is 1.16 bits per heavy atom. The molecule has 3 aromatic rings. The van der Waals surface area contributed by atoms with Crippen molar-refractivity contribution < 1.29 is 22.4 Å². The number of aromatic nitrogens is 4. The average molecular weight is 435 g/mol. The van der Waals surface area contributed by atoms with Gasteiger partial charge in [0, 0.05) is 36.5 Å². The molecule has 0 aromatic carbocycles. The Labute approximate surface area is 175 Å². The number of rotatable bonds is 4. The summed E-state index contributed by atoms with van der Waals surface area (Å²) >= 11 is 0. The minimum Gasteiger partial charge on any atom is -0.372 e. The summed E-state index contributed by atoms with van der Waals surface area (Å²) in [5.41, 5.74) is 0.536. The van der Waals surface area contributed by atoms with Crippen LogP contribution in [0.1, 0.15) is 25.1 Å². The van der Waals surface area contributed by atoms with Gasteiger partial charge in [-0.05, 0) is 26.0 Å². The van der Waals surface area contributed by atoms with Crippen molar-refractivity contribution in [2.45, 2.75) is 38.8 Å². The first kappa shape index (κ1) is 21.0. The third-order valence-electron chi connectivity index (χ3n) is 4.93. The van der Waals surface area contributed by atoms with Gasteiger partial charge in [-0.3, -0.25) is 9.78 Å². The van der Waals surface area contributed by atoms with Gasteiger partial charge in [-0.2, -0.15) is 18.3 Å². The summed E-state index contributed by atoms with van der Waals surface area (Å²) in [5.74, 6) is 0. The summed E-state index contributed by atoms with van der Waals surface area (Å²) in [6.45, 7) is 5.31. The lowest BCUT2D eigenvalue weighted by atomic mass is 10.1. The minimum atomic E-state index is -4.53. The summed E-state index contributed by atoms with van der Waals surface area (Å²) in [4.78, 5) is 18.1. The highest BCUT2D eigenvalue weighted by Gasteiger charge is 2.32. The molecule has 1 aliphatic rings. The highest BCUT2D eigenvalue weighted by Crippen LogP contribution is 2.29. The Bertz CT molecular complexity index is 1100. The normalized spacial score (nSPS) is 19.6. The standard InChI is InChI=1S/C20H20F3N5O3/c1-12-8-27(9-13(2)31-12)16-5-18(29)28(25-7-16)10-15-11-30-26-19(15)14-3-4-17(24-6-14)20(21,22)23/h3-7,11-13H,8-10H2,1-2H3/t12-,13+. The van der Waals surface area contributed by atoms with Crippen molar-refractivity contribution in [3.8, 4) is 11.3 Å². The third-order valence-corrected chi connectivity index (χ3v) is 4.93. The van der Waals surface area contributed by atoms with E-state index >= 15 is 0 Å². The molecule has 0 N–H and O–H groups in total. The third kappa shape index (κ3) is 4.61. The first-order valence-corrected chi connectivity index (χ1v) is 9.65. The zero-order chi connectivity index (χ0) is 22.2. The molecule has 1 saturated heterocycles. The van der Waals surface area contributed by atoms with Crippen LogP contribution in [0.3, 0.4) is 0 Å². The predicted molar refractivity (Wildman–Crippen MR) is 105 cm³/mol. The molecule has 1 fully saturated rings. The molecule has 0 spiro atoms. The van der Waals surface area contributed by atoms with Gasteiger partial charge in [-0.25, -0.2) is 4.68 Å². The van der Waals surface area contributed by atoms with Crippen LogP contribution in [0, 0.1) is 0 Å². The van der Waals surface area contributed by atoms with Gasteiger partial charge in [0.1, 0.15) is 17.7 Å². The van der Waals surface area contributed by atoms with E-state index in [9.17, 15) is 18.0 Å². The van der Waals surface area contributed by atoms with E-state index in [2.05, 4.69) is 20.1 Å². The van der Waals surface area contributed by atoms with E-state index in [-0.39, 0.29) is 24.3 Å². The van der Waals surface area contributed by atoms with E-state index in [0.29, 0.717) is 35.6 Å². The number of hydrogen-bond donors (Lipinski definition) is 0. The number of halogens is 3. The van der Waals surface area contributed by atoms with Crippen LogP contribution in [0.25, 0.3) is 11.3 Å². The van der Waals surface area contributed by atoms with E-state index in [1.54, 1.807) is 6.20 Å². The topological polar surface area (TPSA) is 86.3 Å². The molecule has 0 radical (unpaired) electrons. The molecular formula is C20H20F3N5O3. The van der Waals surface area contributed by atoms with Gasteiger partial charge in [0.15, 0.2) is 0 Å². The molecule has 4 heterocycles. The van der Waals surface area contributed by atoms with E-state index in [1.807, 2.05) is 13.8 Å². The predicted octanol–water partition coefficient (Wildman–Crippen LogP) is 2.97. The molecule has 3 aromatic heterocycles. The maximum Gasteiger partial charge on any atom is 0.433 e. The van der Waals surface area contributed by atoms with E-state index < -0.39 is 11.9 Å². The number of ether oxygens (including phenoxy) is 1. The zero-order valence-corrected chi connectivity index (χ0v) is 16.8. The van der Waals surface area contributed by atoms with Crippen LogP contribution in [0.4, 0.5) is 18.9 Å². The van der Waals surface area contributed by atoms with E-state index in [0.717, 1.165) is 12.3 Å². The van der Waals surface area contributed by atoms with Crippen molar-refractivity contribution in [1.82, 2.24) is 19.9 Å². The number of anilines is 1. The lowest BCUT2D eigenvalue weighted by Crippen LogP contribution is -2.46. The molecule has 0 unspecified atom stereocenters. The molecular weight excluding hydrogens is 415 g/mol. The largest absolute Gasteiger partial charge is 0.433 e. The van der Waals surface area contributed by atoms with Crippen LogP contribution in [-0.4, -0.2) is 45.2 Å². The van der Waals surface area contributed by atoms with Gasteiger partial charge in [0.2, 0.25) is 0 Å². The molecule has 0 aliphatic carbocycles. The molecule has 2 atom stereocenters. The maximum absolute atomic E-state index is 12.7. The maximum atomic E-state index is 12.7. The van der Waals surface area contributed by atoms with Crippen LogP contribution in [-0.2, 0) is 17.5 Å². The molecule has 0 amide bonds. The number of alkyl halides is 3. The van der Waals surface area contributed by atoms with Crippen LogP contribution >= 0.6 is 0 Å². The first-order valence-electron chi connectivity index (χ1n) is 9.65. The second kappa shape index (κ2) is 8.14. The molecule has 1 aliphatic heterocycles. The molecule has 164 valence electrons. The Morgan fingerprint density at radius 3 is 2.52 bits per heavy atom. The Kier molecular flexibility index (Phi) is 5.52. The summed E-state index contributed by atoms with van der Waals surface area (Å²) < 4.78 is 50.1. The Balaban J connectivity index is 1.54. The van der Waals surface area contributed by atoms with Crippen LogP contribution < -0.4 is 10.5 Å². The highest BCUT2D eigenvalue weighted by molar-refractivity contribution is 5.61. The van der Waals surface area contributed by atoms with Gasteiger partial charge in [0.25, 0.3) is 5.56 Å². The van der Waals surface area contributed by atoms with Gasteiger partial charge >= 0.3 is 6.18 Å². The summed E-state index contributed by atoms with van der Waals surface area (Å²) in [7, 11) is 0. The second-order valence-electron chi connectivity index (χ2n) is 7.49. The van der Waals surface area contributed by atoms with Gasteiger partial charge < -0.3 is 14.2 Å². The molecule has 8 nitrogen and oxygen atoms in total. The molecule has 31 heavy (non-hydrogen) atoms. The van der Waals surface area contributed by atoms with Gasteiger partial charge in [-0.1, -0.05) is 5.16 Å². The first-order chi connectivity index (χ1) is 14.7. The number of hydrogen-bond acceptors (Lipinski definition) is 7. The summed E-state index contributed by atoms with van der Waals surface area (Å²) in [6, 6.07) is 3.64. The quantitative estimate of drug-likeness (QED) is 0.623. The van der Waals surface area contributed by atoms with Gasteiger partial charge in [-0.15, -0.1) is 0 Å². The van der Waals surface area contributed by atoms with Crippen LogP contribution in [0.2, 0.25) is 0 Å². The van der Waals surface area contributed by atoms with Crippen molar-refractivity contribution in [2.24, 2.45) is 0 Å². The van der Waals surface area contributed by atoms with Gasteiger partial charge in [0.05, 0.1) is 30.6 Å². The summed E-state index contributed by atoms with van der Waals surface area (Å²) in [6.07, 6.45) is -0.421. The van der Waals surface area contributed by atoms with Crippen LogP contribution in [0.5, 0.6) is 0 Å². The lowest BCUT2D eigenvalue weighted by Gasteiger charge is -2.36. The smallest absolute Gasteiger partial charge is 0.372 e. The average Bonchev–Trinajstić information content (AvgIpc) is 3.16. The Morgan fingerprint density at radius 2 is 1.90 bits per heavy atom. The molecule has 4 rings (SSSR count). The fourth-order valence-corrected chi connectivity index (χ4v) is 3.57. The zero-order valence-electron chi connectivity index (χ0n) is 16.8. The van der Waals surface area contributed by atoms with Crippen molar-refractivity contribution in [3.63, 3.8) is 0 Å². The molecule has 0 bridgehead atoms. The minimum absolute atomic E-state index is 0.0445. The Hall–Kier alpha value is -3.21. The van der Waals surface area contributed by atoms with Crippen molar-refractivity contribution in [3.05, 3.63) is 58.5 Å². The fraction of sp³-hybridized carbons (Fsp3) is 0.400. The number of pyridine rings is 1. The second-order valence-corrected chi connectivity index (χ2v) is 7.49. The number of morpholine rings is 1. The summed E-state index contributed by atoms with van der Waals surface area (Å²) in [5, 5.41) is 8.10. The highest BCUT2D eigenvalue weighted by atomic mass is 19.4. The van der Waals surface area contributed by atoms with Crippen molar-refractivity contribution >= 4 is 5.69 Å². The van der Waals surface area contributed by atoms with E-state index in [4.69, 9.17) is 9.26 Å². The SMILES string of the molecule is C[C@@H]1CN(c2cnn(Cc3conc3-c3ccc(C(F)(F)F)nc3)c(=O)c2)C[C@H](C)O1. The fourth-order valence-electron chi connectivity index (χ4n) is 3.57. The monoisotopic (exact) mass is 435 g/mol. The van der Waals surface area contributed by atoms with E-state index in [1.165, 1.54) is 23.1 Å². The lowest BCUT2D eigenvalue weighted by molar-refractivity contribution is -0.141. The molecule has 11 heteroatoms. The number of nitrogens with zero attached hydrogens (tertiary/aromatic N) is 5. The van der Waals surface area contributed by atoms with Crippen molar-refractivity contribution in [2.75, 3.05) is 18.0 Å².